The van der Waals surface area contributed by atoms with E-state index in [4.69, 9.17) is 4.74 Å². The van der Waals surface area contributed by atoms with Crippen LogP contribution < -0.4 is 0 Å². The highest BCUT2D eigenvalue weighted by atomic mass is 79.9. The summed E-state index contributed by atoms with van der Waals surface area (Å²) in [4.78, 5) is 0. The number of halogens is 2. The molecule has 1 aromatic rings. The molecule has 76 valence electrons. The number of benzene rings is 1. The Kier molecular flexibility index (Phi) is 2.62. The van der Waals surface area contributed by atoms with Crippen LogP contribution in [0.2, 0.25) is 0 Å². The highest BCUT2D eigenvalue weighted by molar-refractivity contribution is 9.10. The van der Waals surface area contributed by atoms with Gasteiger partial charge in [0, 0.05) is 7.11 Å². The Bertz CT molecular complexity index is 365. The summed E-state index contributed by atoms with van der Waals surface area (Å²) in [5, 5.41) is 0. The second-order valence-corrected chi connectivity index (χ2v) is 4.62. The van der Waals surface area contributed by atoms with E-state index in [0.29, 0.717) is 10.4 Å². The molecule has 3 heteroatoms. The van der Waals surface area contributed by atoms with E-state index in [1.807, 2.05) is 6.07 Å². The number of hydrogen-bond donors (Lipinski definition) is 0. The largest absolute Gasteiger partial charge is 0.376 e. The van der Waals surface area contributed by atoms with Gasteiger partial charge in [-0.1, -0.05) is 13.0 Å². The summed E-state index contributed by atoms with van der Waals surface area (Å²) in [6.45, 7) is 2.08. The molecule has 1 aliphatic carbocycles. The lowest BCUT2D eigenvalue weighted by molar-refractivity contribution is 0.0695. The zero-order valence-electron chi connectivity index (χ0n) is 8.18. The molecule has 0 spiro atoms. The summed E-state index contributed by atoms with van der Waals surface area (Å²) in [6, 6.07) is 3.69. The number of rotatable bonds is 1. The third kappa shape index (κ3) is 1.39. The molecule has 0 saturated carbocycles. The quantitative estimate of drug-likeness (QED) is 0.750. The predicted octanol–water partition coefficient (Wildman–Crippen LogP) is 3.47. The first kappa shape index (κ1) is 10.1. The summed E-state index contributed by atoms with van der Waals surface area (Å²) in [7, 11) is 1.68. The van der Waals surface area contributed by atoms with Crippen LogP contribution in [0.1, 0.15) is 24.2 Å². The Morgan fingerprint density at radius 1 is 1.50 bits per heavy atom. The fourth-order valence-electron chi connectivity index (χ4n) is 2.18. The van der Waals surface area contributed by atoms with Crippen LogP contribution in [-0.2, 0) is 11.2 Å². The van der Waals surface area contributed by atoms with Crippen LogP contribution in [0, 0.1) is 11.7 Å². The van der Waals surface area contributed by atoms with E-state index in [1.54, 1.807) is 13.2 Å². The van der Waals surface area contributed by atoms with Gasteiger partial charge in [0.15, 0.2) is 0 Å². The zero-order valence-corrected chi connectivity index (χ0v) is 9.77. The molecule has 0 fully saturated rings. The van der Waals surface area contributed by atoms with E-state index in [2.05, 4.69) is 22.9 Å². The number of fused-ring (bicyclic) bond motifs is 1. The Morgan fingerprint density at radius 2 is 2.21 bits per heavy atom. The van der Waals surface area contributed by atoms with Crippen LogP contribution in [-0.4, -0.2) is 7.11 Å². The Balaban J connectivity index is 2.52. The molecule has 2 atom stereocenters. The van der Waals surface area contributed by atoms with Crippen molar-refractivity contribution in [3.8, 4) is 0 Å². The smallest absolute Gasteiger partial charge is 0.140 e. The lowest BCUT2D eigenvalue weighted by Gasteiger charge is -2.14. The molecule has 1 aliphatic rings. The molecule has 0 heterocycles. The van der Waals surface area contributed by atoms with Gasteiger partial charge in [0.05, 0.1) is 10.6 Å². The van der Waals surface area contributed by atoms with Crippen molar-refractivity contribution < 1.29 is 9.13 Å². The molecule has 0 aromatic heterocycles. The first-order chi connectivity index (χ1) is 6.65. The van der Waals surface area contributed by atoms with Crippen LogP contribution in [0.5, 0.6) is 0 Å². The minimum absolute atomic E-state index is 0.0487. The van der Waals surface area contributed by atoms with Crippen molar-refractivity contribution in [3.63, 3.8) is 0 Å². The lowest BCUT2D eigenvalue weighted by Crippen LogP contribution is -2.05. The summed E-state index contributed by atoms with van der Waals surface area (Å²) in [5.74, 6) is 0.229. The normalized spacial score (nSPS) is 25.1. The first-order valence-corrected chi connectivity index (χ1v) is 5.44. The third-order valence-electron chi connectivity index (χ3n) is 2.84. The van der Waals surface area contributed by atoms with Gasteiger partial charge in [-0.05, 0) is 45.5 Å². The Morgan fingerprint density at radius 3 is 2.86 bits per heavy atom. The zero-order chi connectivity index (χ0) is 10.3. The van der Waals surface area contributed by atoms with Crippen molar-refractivity contribution >= 4 is 15.9 Å². The maximum absolute atomic E-state index is 13.7. The second-order valence-electron chi connectivity index (χ2n) is 3.77. The van der Waals surface area contributed by atoms with Gasteiger partial charge in [-0.2, -0.15) is 0 Å². The topological polar surface area (TPSA) is 9.23 Å². The highest BCUT2D eigenvalue weighted by Crippen LogP contribution is 2.40. The highest BCUT2D eigenvalue weighted by Gasteiger charge is 2.31. The van der Waals surface area contributed by atoms with E-state index in [-0.39, 0.29) is 11.9 Å². The number of ether oxygens (including phenoxy) is 1. The monoisotopic (exact) mass is 258 g/mol. The van der Waals surface area contributed by atoms with Gasteiger partial charge in [0.1, 0.15) is 5.82 Å². The van der Waals surface area contributed by atoms with E-state index < -0.39 is 0 Å². The molecule has 0 bridgehead atoms. The lowest BCUT2D eigenvalue weighted by atomic mass is 10.1. The Hall–Kier alpha value is -0.410. The molecule has 0 N–H and O–H groups in total. The van der Waals surface area contributed by atoms with Gasteiger partial charge < -0.3 is 4.74 Å². The maximum atomic E-state index is 13.7. The first-order valence-electron chi connectivity index (χ1n) is 4.64. The van der Waals surface area contributed by atoms with E-state index >= 15 is 0 Å². The molecule has 0 radical (unpaired) electrons. The fraction of sp³-hybridized carbons (Fsp3) is 0.455. The van der Waals surface area contributed by atoms with Crippen molar-refractivity contribution in [1.82, 2.24) is 0 Å². The summed E-state index contributed by atoms with van der Waals surface area (Å²) in [5.41, 5.74) is 1.81. The van der Waals surface area contributed by atoms with Gasteiger partial charge >= 0.3 is 0 Å². The van der Waals surface area contributed by atoms with Crippen molar-refractivity contribution in [3.05, 3.63) is 33.5 Å². The van der Waals surface area contributed by atoms with Crippen molar-refractivity contribution in [2.75, 3.05) is 7.11 Å². The molecule has 0 aliphatic heterocycles. The van der Waals surface area contributed by atoms with Gasteiger partial charge in [0.2, 0.25) is 0 Å². The van der Waals surface area contributed by atoms with Gasteiger partial charge in [-0.3, -0.25) is 0 Å². The minimum atomic E-state index is -0.131. The van der Waals surface area contributed by atoms with Crippen LogP contribution >= 0.6 is 15.9 Å². The average Bonchev–Trinajstić information content (AvgIpc) is 2.49. The summed E-state index contributed by atoms with van der Waals surface area (Å²) in [6.07, 6.45) is 0.812. The summed E-state index contributed by atoms with van der Waals surface area (Å²) >= 11 is 3.19. The predicted molar refractivity (Wildman–Crippen MR) is 56.7 cm³/mol. The molecule has 14 heavy (non-hydrogen) atoms. The van der Waals surface area contributed by atoms with Crippen LogP contribution in [0.25, 0.3) is 0 Å². The van der Waals surface area contributed by atoms with Crippen molar-refractivity contribution in [2.24, 2.45) is 5.92 Å². The maximum Gasteiger partial charge on any atom is 0.140 e. The molecule has 0 saturated heterocycles. The second kappa shape index (κ2) is 3.63. The van der Waals surface area contributed by atoms with E-state index in [0.717, 1.165) is 17.5 Å². The van der Waals surface area contributed by atoms with Gasteiger partial charge in [0.25, 0.3) is 0 Å². The van der Waals surface area contributed by atoms with Crippen molar-refractivity contribution in [2.45, 2.75) is 19.4 Å². The van der Waals surface area contributed by atoms with Gasteiger partial charge in [-0.25, -0.2) is 4.39 Å². The SMILES string of the molecule is CO[C@@H]1c2ccc(Br)c(F)c2C[C@H]1C. The van der Waals surface area contributed by atoms with Gasteiger partial charge in [-0.15, -0.1) is 0 Å². The molecule has 1 aromatic carbocycles. The number of hydrogen-bond acceptors (Lipinski definition) is 1. The fourth-order valence-corrected chi connectivity index (χ4v) is 2.55. The van der Waals surface area contributed by atoms with Crippen LogP contribution in [0.4, 0.5) is 4.39 Å². The molecular formula is C11H12BrFO. The molecule has 0 unspecified atom stereocenters. The van der Waals surface area contributed by atoms with Crippen LogP contribution in [0.3, 0.4) is 0 Å². The van der Waals surface area contributed by atoms with Crippen LogP contribution in [0.15, 0.2) is 16.6 Å². The van der Waals surface area contributed by atoms with E-state index in [9.17, 15) is 4.39 Å². The standard InChI is InChI=1S/C11H12BrFO/c1-6-5-8-7(11(6)14-2)3-4-9(12)10(8)13/h3-4,6,11H,5H2,1-2H3/t6-,11+/m1/s1. The van der Waals surface area contributed by atoms with E-state index in [1.165, 1.54) is 0 Å². The third-order valence-corrected chi connectivity index (χ3v) is 3.45. The number of methoxy groups -OCH3 is 1. The Labute approximate surface area is 91.4 Å². The molecule has 1 nitrogen and oxygen atoms in total. The summed E-state index contributed by atoms with van der Waals surface area (Å²) < 4.78 is 19.6. The molecule has 0 amide bonds. The average molecular weight is 259 g/mol. The molecule has 2 rings (SSSR count). The van der Waals surface area contributed by atoms with Crippen molar-refractivity contribution in [1.29, 1.82) is 0 Å². The molecular weight excluding hydrogens is 247 g/mol. The minimum Gasteiger partial charge on any atom is -0.376 e.